The summed E-state index contributed by atoms with van der Waals surface area (Å²) < 4.78 is 6.48. The Morgan fingerprint density at radius 3 is 2.35 bits per heavy atom. The molecule has 0 aliphatic carbocycles. The van der Waals surface area contributed by atoms with Crippen molar-refractivity contribution in [2.75, 3.05) is 0 Å². The predicted octanol–water partition coefficient (Wildman–Crippen LogP) is 7.64. The quantitative estimate of drug-likeness (QED) is 0.138. The van der Waals surface area contributed by atoms with Crippen LogP contribution in [0.1, 0.15) is 19.9 Å². The molecular weight excluding hydrogens is 669 g/mol. The second kappa shape index (κ2) is 10.7. The van der Waals surface area contributed by atoms with Gasteiger partial charge in [0.05, 0.1) is 6.04 Å². The van der Waals surface area contributed by atoms with Gasteiger partial charge in [0, 0.05) is 35.0 Å². The molecule has 0 amide bonds. The fourth-order valence-electron chi connectivity index (χ4n) is 5.30. The van der Waals surface area contributed by atoms with Crippen molar-refractivity contribution in [1.29, 1.82) is 0 Å². The molecule has 0 radical (unpaired) electrons. The molecule has 0 atom stereocenters. The van der Waals surface area contributed by atoms with Gasteiger partial charge in [-0.05, 0) is 48.3 Å². The summed E-state index contributed by atoms with van der Waals surface area (Å²) >= 11 is 0. The Hall–Kier alpha value is -4.31. The van der Waals surface area contributed by atoms with Crippen LogP contribution in [0.4, 0.5) is 0 Å². The molecule has 40 heavy (non-hydrogen) atoms. The first-order chi connectivity index (χ1) is 19.2. The van der Waals surface area contributed by atoms with Crippen LogP contribution in [0.5, 0.6) is 0 Å². The molecule has 0 saturated heterocycles. The van der Waals surface area contributed by atoms with Gasteiger partial charge in [0.25, 0.3) is 0 Å². The first-order valence-corrected chi connectivity index (χ1v) is 13.2. The van der Waals surface area contributed by atoms with Gasteiger partial charge in [-0.15, -0.1) is 59.5 Å². The zero-order chi connectivity index (χ0) is 26.3. The predicted molar refractivity (Wildman–Crippen MR) is 157 cm³/mol. The summed E-state index contributed by atoms with van der Waals surface area (Å²) in [5.41, 5.74) is 6.77. The third kappa shape index (κ3) is 4.38. The summed E-state index contributed by atoms with van der Waals surface area (Å²) in [6.45, 7) is 4.32. The van der Waals surface area contributed by atoms with Crippen LogP contribution in [0.15, 0.2) is 116 Å². The minimum atomic E-state index is 0. The van der Waals surface area contributed by atoms with Crippen molar-refractivity contribution in [3.63, 3.8) is 0 Å². The summed E-state index contributed by atoms with van der Waals surface area (Å²) in [5.74, 6) is 0. The normalized spacial score (nSPS) is 11.3. The second-order valence-corrected chi connectivity index (χ2v) is 9.92. The maximum atomic E-state index is 4.22. The maximum absolute atomic E-state index is 4.22. The second-order valence-electron chi connectivity index (χ2n) is 9.92. The van der Waals surface area contributed by atoms with E-state index in [4.69, 9.17) is 0 Å². The molecule has 5 heteroatoms. The number of benzene rings is 4. The monoisotopic (exact) mass is 695 g/mol. The van der Waals surface area contributed by atoms with Gasteiger partial charge in [0.15, 0.2) is 0 Å². The zero-order valence-corrected chi connectivity index (χ0v) is 24.6. The van der Waals surface area contributed by atoms with Crippen LogP contribution in [-0.2, 0) is 20.1 Å². The fourth-order valence-corrected chi connectivity index (χ4v) is 5.30. The van der Waals surface area contributed by atoms with Crippen LogP contribution < -0.4 is 4.57 Å². The van der Waals surface area contributed by atoms with E-state index in [2.05, 4.69) is 107 Å². The number of fused-ring (bicyclic) bond motifs is 6. The van der Waals surface area contributed by atoms with Crippen molar-refractivity contribution >= 4 is 38.1 Å². The summed E-state index contributed by atoms with van der Waals surface area (Å²) in [6, 6.07) is 40.4. The molecule has 0 bridgehead atoms. The Kier molecular flexibility index (Phi) is 6.93. The van der Waals surface area contributed by atoms with Gasteiger partial charge in [-0.1, -0.05) is 53.9 Å². The topological polar surface area (TPSA) is 26.1 Å². The Morgan fingerprint density at radius 2 is 1.57 bits per heavy atom. The van der Waals surface area contributed by atoms with Crippen LogP contribution in [-0.4, -0.2) is 14.0 Å². The van der Waals surface area contributed by atoms with Gasteiger partial charge in [-0.2, -0.15) is 0 Å². The SMILES string of the molecule is CC(C)[n+]1[c-]n(-c2[c-]c3c4cccc5c6ccccc6n(c3cc2)c45)cc1.[Ir+3].[c-]1ccccc1-c1ccccn1. The van der Waals surface area contributed by atoms with Gasteiger partial charge in [0.2, 0.25) is 6.33 Å². The van der Waals surface area contributed by atoms with E-state index in [9.17, 15) is 0 Å². The smallest absolute Gasteiger partial charge is 0.358 e. The Morgan fingerprint density at radius 1 is 0.775 bits per heavy atom. The van der Waals surface area contributed by atoms with E-state index in [-0.39, 0.29) is 20.1 Å². The number of aromatic nitrogens is 4. The van der Waals surface area contributed by atoms with E-state index in [0.717, 1.165) is 22.3 Å². The molecule has 0 fully saturated rings. The van der Waals surface area contributed by atoms with Crippen LogP contribution in [0, 0.1) is 18.5 Å². The van der Waals surface area contributed by atoms with Crippen molar-refractivity contribution < 1.29 is 24.7 Å². The Balaban J connectivity index is 0.000000188. The molecule has 0 aliphatic heterocycles. The standard InChI is InChI=1S/C24H18N3.C11H8N.Ir/c1-16(2)25-12-13-26(15-25)17-10-11-23-21(14-17)20-8-5-7-19-18-6-3-4-9-22(18)27(23)24(19)20;1-2-6-10(7-3-1)11-8-4-5-9-12-11;/h3-13,16H,1-2H3;1-6,8-9H;/q2*-1;+3. The molecule has 0 spiro atoms. The van der Waals surface area contributed by atoms with Crippen molar-refractivity contribution in [2.24, 2.45) is 0 Å². The summed E-state index contributed by atoms with van der Waals surface area (Å²) in [6.07, 6.45) is 9.28. The Labute approximate surface area is 246 Å². The molecule has 0 saturated carbocycles. The van der Waals surface area contributed by atoms with Crippen LogP contribution >= 0.6 is 0 Å². The average molecular weight is 695 g/mol. The minimum Gasteiger partial charge on any atom is -0.358 e. The average Bonchev–Trinajstić information content (AvgIpc) is 3.71. The van der Waals surface area contributed by atoms with Crippen molar-refractivity contribution in [2.45, 2.75) is 19.9 Å². The molecule has 8 rings (SSSR count). The maximum Gasteiger partial charge on any atom is 3.00 e. The van der Waals surface area contributed by atoms with E-state index in [0.29, 0.717) is 6.04 Å². The molecule has 194 valence electrons. The number of imidazole rings is 1. The third-order valence-corrected chi connectivity index (χ3v) is 7.18. The van der Waals surface area contributed by atoms with Gasteiger partial charge < -0.3 is 18.5 Å². The molecule has 4 aromatic heterocycles. The van der Waals surface area contributed by atoms with E-state index in [1.165, 1.54) is 32.7 Å². The minimum absolute atomic E-state index is 0. The molecule has 0 unspecified atom stereocenters. The van der Waals surface area contributed by atoms with E-state index < -0.39 is 0 Å². The zero-order valence-electron chi connectivity index (χ0n) is 22.2. The number of pyridine rings is 1. The number of hydrogen-bond donors (Lipinski definition) is 0. The van der Waals surface area contributed by atoms with Gasteiger partial charge in [-0.3, -0.25) is 0 Å². The van der Waals surface area contributed by atoms with E-state index >= 15 is 0 Å². The van der Waals surface area contributed by atoms with Gasteiger partial charge >= 0.3 is 20.1 Å². The van der Waals surface area contributed by atoms with E-state index in [1.54, 1.807) is 6.20 Å². The van der Waals surface area contributed by atoms with E-state index in [1.807, 2.05) is 53.2 Å². The van der Waals surface area contributed by atoms with Crippen molar-refractivity contribution in [1.82, 2.24) is 14.0 Å². The fraction of sp³-hybridized carbons (Fsp3) is 0.0857. The van der Waals surface area contributed by atoms with Crippen molar-refractivity contribution in [3.8, 4) is 16.9 Å². The molecule has 0 N–H and O–H groups in total. The van der Waals surface area contributed by atoms with Gasteiger partial charge in [-0.25, -0.2) is 0 Å². The molecule has 4 nitrogen and oxygen atoms in total. The summed E-state index contributed by atoms with van der Waals surface area (Å²) in [4.78, 5) is 4.22. The third-order valence-electron chi connectivity index (χ3n) is 7.18. The molecule has 4 heterocycles. The molecule has 8 aromatic rings. The number of hydrogen-bond acceptors (Lipinski definition) is 1. The molecular formula is C35H26IrN4+. The number of para-hydroxylation sites is 2. The summed E-state index contributed by atoms with van der Waals surface area (Å²) in [7, 11) is 0. The van der Waals surface area contributed by atoms with Crippen LogP contribution in [0.3, 0.4) is 0 Å². The number of rotatable bonds is 3. The van der Waals surface area contributed by atoms with Gasteiger partial charge in [0.1, 0.15) is 0 Å². The molecule has 4 aromatic carbocycles. The van der Waals surface area contributed by atoms with Crippen LogP contribution in [0.25, 0.3) is 55.0 Å². The van der Waals surface area contributed by atoms with Crippen molar-refractivity contribution in [3.05, 3.63) is 134 Å². The first-order valence-electron chi connectivity index (χ1n) is 13.2. The first kappa shape index (κ1) is 25.9. The largest absolute Gasteiger partial charge is 3.00 e. The van der Waals surface area contributed by atoms with Crippen LogP contribution in [0.2, 0.25) is 0 Å². The number of nitrogens with zero attached hydrogens (tertiary/aromatic N) is 4. The summed E-state index contributed by atoms with van der Waals surface area (Å²) in [5, 5.41) is 5.03. The Bertz CT molecular complexity index is 2000. The molecule has 0 aliphatic rings.